The number of carbonyl (C=O) groups excluding carboxylic acids is 2. The van der Waals surface area contributed by atoms with E-state index in [2.05, 4.69) is 5.32 Å². The minimum Gasteiger partial charge on any atom is -0.378 e. The van der Waals surface area contributed by atoms with Gasteiger partial charge in [-0.3, -0.25) is 9.59 Å². The molecule has 2 aliphatic rings. The standard InChI is InChI=1S/C17H23N3O4/c21-16(19-4-8-23-9-5-19)13-18-15-3-1-2-14(12-15)17(22)20-6-10-24-11-7-20/h1-3,12,18H,4-11,13H2. The van der Waals surface area contributed by atoms with Crippen molar-refractivity contribution in [2.75, 3.05) is 64.5 Å². The summed E-state index contributed by atoms with van der Waals surface area (Å²) in [6.45, 7) is 5.07. The molecule has 7 nitrogen and oxygen atoms in total. The number of benzene rings is 1. The van der Waals surface area contributed by atoms with Gasteiger partial charge in [0.2, 0.25) is 5.91 Å². The minimum atomic E-state index is 0.00135. The quantitative estimate of drug-likeness (QED) is 0.865. The SMILES string of the molecule is O=C(CNc1cccc(C(=O)N2CCOCC2)c1)N1CCOCC1. The Morgan fingerprint density at radius 3 is 2.25 bits per heavy atom. The molecule has 1 aromatic carbocycles. The number of hydrogen-bond donors (Lipinski definition) is 1. The molecular formula is C17H23N3O4. The van der Waals surface area contributed by atoms with Crippen LogP contribution >= 0.6 is 0 Å². The van der Waals surface area contributed by atoms with E-state index in [0.717, 1.165) is 5.69 Å². The van der Waals surface area contributed by atoms with Crippen LogP contribution in [-0.4, -0.2) is 80.8 Å². The summed E-state index contributed by atoms with van der Waals surface area (Å²) in [5, 5.41) is 3.11. The Labute approximate surface area is 141 Å². The van der Waals surface area contributed by atoms with E-state index in [1.165, 1.54) is 0 Å². The van der Waals surface area contributed by atoms with Gasteiger partial charge < -0.3 is 24.6 Å². The molecule has 2 fully saturated rings. The van der Waals surface area contributed by atoms with E-state index in [0.29, 0.717) is 58.2 Å². The normalized spacial score (nSPS) is 18.3. The number of anilines is 1. The van der Waals surface area contributed by atoms with Crippen molar-refractivity contribution in [1.29, 1.82) is 0 Å². The summed E-state index contributed by atoms with van der Waals surface area (Å²) in [4.78, 5) is 28.2. The number of carbonyl (C=O) groups is 2. The van der Waals surface area contributed by atoms with Crippen molar-refractivity contribution in [3.63, 3.8) is 0 Å². The molecule has 3 rings (SSSR count). The Balaban J connectivity index is 1.56. The maximum atomic E-state index is 12.5. The van der Waals surface area contributed by atoms with Gasteiger partial charge in [-0.05, 0) is 18.2 Å². The third-order valence-electron chi connectivity index (χ3n) is 4.22. The van der Waals surface area contributed by atoms with Crippen molar-refractivity contribution in [2.45, 2.75) is 0 Å². The van der Waals surface area contributed by atoms with Crippen molar-refractivity contribution in [3.05, 3.63) is 29.8 Å². The van der Waals surface area contributed by atoms with Crippen LogP contribution in [0.5, 0.6) is 0 Å². The molecule has 0 saturated carbocycles. The lowest BCUT2D eigenvalue weighted by Gasteiger charge is -2.27. The predicted molar refractivity (Wildman–Crippen MR) is 89.1 cm³/mol. The van der Waals surface area contributed by atoms with Crippen molar-refractivity contribution in [2.24, 2.45) is 0 Å². The Kier molecular flexibility index (Phi) is 5.66. The molecule has 24 heavy (non-hydrogen) atoms. The van der Waals surface area contributed by atoms with Crippen LogP contribution in [0, 0.1) is 0 Å². The summed E-state index contributed by atoms with van der Waals surface area (Å²) in [6.07, 6.45) is 0. The van der Waals surface area contributed by atoms with Crippen LogP contribution in [0.25, 0.3) is 0 Å². The number of morpholine rings is 2. The molecular weight excluding hydrogens is 310 g/mol. The number of hydrogen-bond acceptors (Lipinski definition) is 5. The zero-order chi connectivity index (χ0) is 16.8. The van der Waals surface area contributed by atoms with E-state index in [1.54, 1.807) is 21.9 Å². The average molecular weight is 333 g/mol. The van der Waals surface area contributed by atoms with Crippen molar-refractivity contribution in [3.8, 4) is 0 Å². The van der Waals surface area contributed by atoms with E-state index < -0.39 is 0 Å². The van der Waals surface area contributed by atoms with Gasteiger partial charge >= 0.3 is 0 Å². The Hall–Kier alpha value is -2.12. The second kappa shape index (κ2) is 8.12. The summed E-state index contributed by atoms with van der Waals surface area (Å²) in [7, 11) is 0. The highest BCUT2D eigenvalue weighted by Crippen LogP contribution is 2.14. The smallest absolute Gasteiger partial charge is 0.254 e. The molecule has 2 amide bonds. The van der Waals surface area contributed by atoms with Gasteiger partial charge in [-0.15, -0.1) is 0 Å². The third kappa shape index (κ3) is 4.24. The van der Waals surface area contributed by atoms with Crippen molar-refractivity contribution < 1.29 is 19.1 Å². The Bertz CT molecular complexity index is 581. The van der Waals surface area contributed by atoms with Crippen LogP contribution in [0.1, 0.15) is 10.4 Å². The minimum absolute atomic E-state index is 0.00135. The maximum absolute atomic E-state index is 12.5. The summed E-state index contributed by atoms with van der Waals surface area (Å²) in [6, 6.07) is 7.29. The Morgan fingerprint density at radius 2 is 1.58 bits per heavy atom. The first-order valence-corrected chi connectivity index (χ1v) is 8.30. The van der Waals surface area contributed by atoms with E-state index in [-0.39, 0.29) is 18.4 Å². The van der Waals surface area contributed by atoms with Crippen molar-refractivity contribution in [1.82, 2.24) is 9.80 Å². The zero-order valence-electron chi connectivity index (χ0n) is 13.7. The highest BCUT2D eigenvalue weighted by atomic mass is 16.5. The monoisotopic (exact) mass is 333 g/mol. The van der Waals surface area contributed by atoms with E-state index >= 15 is 0 Å². The molecule has 0 aliphatic carbocycles. The van der Waals surface area contributed by atoms with Crippen LogP contribution in [0.2, 0.25) is 0 Å². The predicted octanol–water partition coefficient (Wildman–Crippen LogP) is 0.430. The maximum Gasteiger partial charge on any atom is 0.254 e. The second-order valence-electron chi connectivity index (χ2n) is 5.83. The Morgan fingerprint density at radius 1 is 0.958 bits per heavy atom. The van der Waals surface area contributed by atoms with Gasteiger partial charge in [0.1, 0.15) is 0 Å². The molecule has 2 saturated heterocycles. The molecule has 1 aromatic rings. The molecule has 0 aromatic heterocycles. The van der Waals surface area contributed by atoms with Crippen molar-refractivity contribution >= 4 is 17.5 Å². The first kappa shape index (κ1) is 16.7. The lowest BCUT2D eigenvalue weighted by Crippen LogP contribution is -2.43. The van der Waals surface area contributed by atoms with Crippen LogP contribution in [-0.2, 0) is 14.3 Å². The van der Waals surface area contributed by atoms with E-state index in [4.69, 9.17) is 9.47 Å². The van der Waals surface area contributed by atoms with Gasteiger partial charge in [0.25, 0.3) is 5.91 Å². The molecule has 0 radical (unpaired) electrons. The molecule has 0 spiro atoms. The van der Waals surface area contributed by atoms with Gasteiger partial charge in [0.05, 0.1) is 33.0 Å². The zero-order valence-corrected chi connectivity index (χ0v) is 13.7. The average Bonchev–Trinajstić information content (AvgIpc) is 2.67. The van der Waals surface area contributed by atoms with Gasteiger partial charge in [-0.2, -0.15) is 0 Å². The first-order chi connectivity index (χ1) is 11.7. The molecule has 2 aliphatic heterocycles. The van der Waals surface area contributed by atoms with E-state index in [9.17, 15) is 9.59 Å². The number of ether oxygens (including phenoxy) is 2. The highest BCUT2D eigenvalue weighted by molar-refractivity contribution is 5.95. The fourth-order valence-electron chi connectivity index (χ4n) is 2.81. The number of nitrogens with zero attached hydrogens (tertiary/aromatic N) is 2. The third-order valence-corrected chi connectivity index (χ3v) is 4.22. The fourth-order valence-corrected chi connectivity index (χ4v) is 2.81. The fraction of sp³-hybridized carbons (Fsp3) is 0.529. The number of rotatable bonds is 4. The largest absolute Gasteiger partial charge is 0.378 e. The molecule has 2 heterocycles. The summed E-state index contributed by atoms with van der Waals surface area (Å²) in [5.41, 5.74) is 1.40. The summed E-state index contributed by atoms with van der Waals surface area (Å²) < 4.78 is 10.5. The molecule has 7 heteroatoms. The van der Waals surface area contributed by atoms with Crippen LogP contribution in [0.4, 0.5) is 5.69 Å². The summed E-state index contributed by atoms with van der Waals surface area (Å²) >= 11 is 0. The summed E-state index contributed by atoms with van der Waals surface area (Å²) in [5.74, 6) is 0.0460. The van der Waals surface area contributed by atoms with Crippen LogP contribution in [0.3, 0.4) is 0 Å². The lowest BCUT2D eigenvalue weighted by atomic mass is 10.1. The van der Waals surface area contributed by atoms with Crippen LogP contribution in [0.15, 0.2) is 24.3 Å². The molecule has 0 bridgehead atoms. The highest BCUT2D eigenvalue weighted by Gasteiger charge is 2.19. The van der Waals surface area contributed by atoms with Crippen LogP contribution < -0.4 is 5.32 Å². The van der Waals surface area contributed by atoms with Gasteiger partial charge in [0.15, 0.2) is 0 Å². The molecule has 1 N–H and O–H groups in total. The van der Waals surface area contributed by atoms with Gasteiger partial charge in [0, 0.05) is 37.4 Å². The molecule has 0 atom stereocenters. The molecule has 0 unspecified atom stereocenters. The van der Waals surface area contributed by atoms with E-state index in [1.807, 2.05) is 12.1 Å². The lowest BCUT2D eigenvalue weighted by molar-refractivity contribution is -0.133. The second-order valence-corrected chi connectivity index (χ2v) is 5.83. The number of amides is 2. The van der Waals surface area contributed by atoms with Gasteiger partial charge in [-0.1, -0.05) is 6.07 Å². The number of nitrogens with one attached hydrogen (secondary N) is 1. The topological polar surface area (TPSA) is 71.1 Å². The first-order valence-electron chi connectivity index (χ1n) is 8.30. The van der Waals surface area contributed by atoms with Gasteiger partial charge in [-0.25, -0.2) is 0 Å². The molecule has 130 valence electrons.